The first-order valence-corrected chi connectivity index (χ1v) is 12.1. The SMILES string of the molecule is O=c1[nH]c2cc([18F])ccc2n1C1CCN(CCCC(c2ccc(F)cc2)c2ccc(F)cc2)CC1. The Morgan fingerprint density at radius 1 is 0.829 bits per heavy atom. The third kappa shape index (κ3) is 5.20. The van der Waals surface area contributed by atoms with Gasteiger partial charge in [-0.05, 0) is 85.8 Å². The standard InChI is InChI=1S/C28H28F3N3O/c29-21-7-3-19(4-8-21)25(20-5-9-22(30)10-6-20)2-1-15-33-16-13-24(14-17-33)34-27-12-11-23(31)18-26(27)32-28(34)35/h3-12,18,24-25H,1-2,13-17H2,(H,32,35)/i31-1. The van der Waals surface area contributed by atoms with Gasteiger partial charge in [0.2, 0.25) is 0 Å². The van der Waals surface area contributed by atoms with Crippen LogP contribution in [0.2, 0.25) is 0 Å². The largest absolute Gasteiger partial charge is 0.326 e. The number of aromatic nitrogens is 2. The van der Waals surface area contributed by atoms with Gasteiger partial charge in [-0.3, -0.25) is 4.57 Å². The van der Waals surface area contributed by atoms with Gasteiger partial charge in [0, 0.05) is 25.0 Å². The summed E-state index contributed by atoms with van der Waals surface area (Å²) in [6.07, 6.45) is 3.51. The van der Waals surface area contributed by atoms with E-state index in [1.54, 1.807) is 34.9 Å². The number of halogens is 3. The van der Waals surface area contributed by atoms with Gasteiger partial charge in [0.1, 0.15) is 17.5 Å². The molecule has 1 N–H and O–H groups in total. The first kappa shape index (κ1) is 23.4. The molecule has 0 atom stereocenters. The third-order valence-corrected chi connectivity index (χ3v) is 7.11. The first-order chi connectivity index (χ1) is 17.0. The molecular formula is C28H28F3N3O. The average Bonchev–Trinajstić information content (AvgIpc) is 3.18. The summed E-state index contributed by atoms with van der Waals surface area (Å²) in [4.78, 5) is 17.7. The summed E-state index contributed by atoms with van der Waals surface area (Å²) in [6, 6.07) is 17.6. The van der Waals surface area contributed by atoms with E-state index >= 15 is 0 Å². The van der Waals surface area contributed by atoms with E-state index in [2.05, 4.69) is 9.88 Å². The van der Waals surface area contributed by atoms with Crippen molar-refractivity contribution < 1.29 is 13.2 Å². The Hall–Kier alpha value is -3.32. The van der Waals surface area contributed by atoms with Crippen LogP contribution in [0.1, 0.15) is 48.8 Å². The van der Waals surface area contributed by atoms with Crippen molar-refractivity contribution in [2.45, 2.75) is 37.6 Å². The van der Waals surface area contributed by atoms with Crippen molar-refractivity contribution in [2.75, 3.05) is 19.6 Å². The Kier molecular flexibility index (Phi) is 6.77. The summed E-state index contributed by atoms with van der Waals surface area (Å²) < 4.78 is 42.2. The monoisotopic (exact) mass is 478 g/mol. The smallest absolute Gasteiger partial charge is 0.305 e. The predicted octanol–water partition coefficient (Wildman–Crippen LogP) is 6.00. The van der Waals surface area contributed by atoms with Crippen LogP contribution in [0.25, 0.3) is 11.0 Å². The summed E-state index contributed by atoms with van der Waals surface area (Å²) in [6.45, 7) is 2.67. The Morgan fingerprint density at radius 3 is 2.00 bits per heavy atom. The highest BCUT2D eigenvalue weighted by Crippen LogP contribution is 2.31. The topological polar surface area (TPSA) is 41.0 Å². The highest BCUT2D eigenvalue weighted by molar-refractivity contribution is 5.75. The number of likely N-dealkylation sites (tertiary alicyclic amines) is 1. The number of nitrogens with zero attached hydrogens (tertiary/aromatic N) is 2. The molecule has 0 amide bonds. The zero-order chi connectivity index (χ0) is 24.4. The molecule has 1 aliphatic rings. The van der Waals surface area contributed by atoms with Gasteiger partial charge in [0.25, 0.3) is 0 Å². The Morgan fingerprint density at radius 2 is 1.40 bits per heavy atom. The molecule has 0 unspecified atom stereocenters. The number of H-pyrrole nitrogens is 1. The Bertz CT molecular complexity index is 1290. The van der Waals surface area contributed by atoms with Crippen LogP contribution >= 0.6 is 0 Å². The quantitative estimate of drug-likeness (QED) is 0.354. The molecule has 0 saturated carbocycles. The number of hydrogen-bond acceptors (Lipinski definition) is 2. The molecule has 1 aromatic heterocycles. The Balaban J connectivity index is 1.21. The minimum Gasteiger partial charge on any atom is -0.305 e. The molecule has 0 aliphatic carbocycles. The summed E-state index contributed by atoms with van der Waals surface area (Å²) in [5.41, 5.74) is 3.13. The lowest BCUT2D eigenvalue weighted by Crippen LogP contribution is -2.37. The summed E-state index contributed by atoms with van der Waals surface area (Å²) in [5.74, 6) is -0.831. The van der Waals surface area contributed by atoms with Crippen molar-refractivity contribution >= 4 is 11.0 Å². The molecule has 0 radical (unpaired) electrons. The fourth-order valence-corrected chi connectivity index (χ4v) is 5.30. The average molecular weight is 479 g/mol. The minimum absolute atomic E-state index is 0.0685. The van der Waals surface area contributed by atoms with Gasteiger partial charge in [0.15, 0.2) is 0 Å². The lowest BCUT2D eigenvalue weighted by molar-refractivity contribution is 0.183. The number of benzene rings is 3. The van der Waals surface area contributed by atoms with E-state index in [4.69, 9.17) is 0 Å². The molecule has 1 saturated heterocycles. The van der Waals surface area contributed by atoms with Gasteiger partial charge in [0.05, 0.1) is 11.0 Å². The van der Waals surface area contributed by atoms with Crippen LogP contribution in [-0.2, 0) is 0 Å². The van der Waals surface area contributed by atoms with E-state index in [-0.39, 0.29) is 35.1 Å². The van der Waals surface area contributed by atoms with Gasteiger partial charge in [-0.25, -0.2) is 18.0 Å². The van der Waals surface area contributed by atoms with Gasteiger partial charge < -0.3 is 9.88 Å². The van der Waals surface area contributed by atoms with Crippen molar-refractivity contribution in [1.29, 1.82) is 0 Å². The van der Waals surface area contributed by atoms with Crippen molar-refractivity contribution in [3.8, 4) is 0 Å². The van der Waals surface area contributed by atoms with E-state index in [0.717, 1.165) is 62.0 Å². The molecule has 1 fully saturated rings. The third-order valence-electron chi connectivity index (χ3n) is 7.11. The van der Waals surface area contributed by atoms with Crippen LogP contribution in [0, 0.1) is 17.5 Å². The van der Waals surface area contributed by atoms with Gasteiger partial charge >= 0.3 is 5.69 Å². The molecule has 182 valence electrons. The molecular weight excluding hydrogens is 450 g/mol. The highest BCUT2D eigenvalue weighted by atomic mass is 19.1. The van der Waals surface area contributed by atoms with E-state index in [0.29, 0.717) is 5.52 Å². The van der Waals surface area contributed by atoms with E-state index < -0.39 is 0 Å². The Labute approximate surface area is 202 Å². The van der Waals surface area contributed by atoms with Crippen LogP contribution in [0.4, 0.5) is 13.2 Å². The summed E-state index contributed by atoms with van der Waals surface area (Å²) in [5, 5.41) is 0. The molecule has 1 aliphatic heterocycles. The molecule has 0 bridgehead atoms. The number of piperidine rings is 1. The maximum absolute atomic E-state index is 13.5. The lowest BCUT2D eigenvalue weighted by atomic mass is 9.87. The van der Waals surface area contributed by atoms with Crippen molar-refractivity contribution in [1.82, 2.24) is 14.5 Å². The zero-order valence-electron chi connectivity index (χ0n) is 19.4. The zero-order valence-corrected chi connectivity index (χ0v) is 19.4. The summed E-state index contributed by atoms with van der Waals surface area (Å²) >= 11 is 0. The molecule has 3 aromatic carbocycles. The first-order valence-electron chi connectivity index (χ1n) is 12.1. The van der Waals surface area contributed by atoms with E-state index in [1.165, 1.54) is 36.4 Å². The van der Waals surface area contributed by atoms with Gasteiger partial charge in [-0.15, -0.1) is 0 Å². The van der Waals surface area contributed by atoms with Crippen LogP contribution in [0.15, 0.2) is 71.5 Å². The molecule has 0 spiro atoms. The second kappa shape index (κ2) is 10.1. The highest BCUT2D eigenvalue weighted by Gasteiger charge is 2.24. The molecule has 4 nitrogen and oxygen atoms in total. The fraction of sp³-hybridized carbons (Fsp3) is 0.321. The van der Waals surface area contributed by atoms with Crippen LogP contribution in [-0.4, -0.2) is 34.1 Å². The molecule has 5 rings (SSSR count). The van der Waals surface area contributed by atoms with Crippen molar-refractivity contribution in [3.05, 3.63) is 106 Å². The lowest BCUT2D eigenvalue weighted by Gasteiger charge is -2.32. The summed E-state index contributed by atoms with van der Waals surface area (Å²) in [7, 11) is 0. The number of imidazole rings is 1. The number of fused-ring (bicyclic) bond motifs is 1. The predicted molar refractivity (Wildman–Crippen MR) is 131 cm³/mol. The normalized spacial score (nSPS) is 15.3. The molecule has 35 heavy (non-hydrogen) atoms. The second-order valence-corrected chi connectivity index (χ2v) is 9.33. The van der Waals surface area contributed by atoms with Crippen molar-refractivity contribution in [2.24, 2.45) is 0 Å². The van der Waals surface area contributed by atoms with E-state index in [9.17, 15) is 18.0 Å². The number of rotatable bonds is 7. The van der Waals surface area contributed by atoms with Gasteiger partial charge in [-0.2, -0.15) is 0 Å². The molecule has 2 heterocycles. The van der Waals surface area contributed by atoms with Crippen LogP contribution in [0.3, 0.4) is 0 Å². The van der Waals surface area contributed by atoms with E-state index in [1.807, 2.05) is 0 Å². The fourth-order valence-electron chi connectivity index (χ4n) is 5.30. The minimum atomic E-state index is -0.361. The number of aromatic amines is 1. The second-order valence-electron chi connectivity index (χ2n) is 9.33. The molecule has 4 aromatic rings. The maximum Gasteiger partial charge on any atom is 0.326 e. The van der Waals surface area contributed by atoms with Crippen molar-refractivity contribution in [3.63, 3.8) is 0 Å². The maximum atomic E-state index is 13.5. The number of nitrogens with one attached hydrogen (secondary N) is 1. The number of hydrogen-bond donors (Lipinski definition) is 1. The van der Waals surface area contributed by atoms with Gasteiger partial charge in [-0.1, -0.05) is 24.3 Å². The molecule has 7 heteroatoms. The van der Waals surface area contributed by atoms with Crippen LogP contribution < -0.4 is 5.69 Å². The van der Waals surface area contributed by atoms with Crippen LogP contribution in [0.5, 0.6) is 0 Å².